The summed E-state index contributed by atoms with van der Waals surface area (Å²) < 4.78 is 0. The monoisotopic (exact) mass is 420 g/mol. The van der Waals surface area contributed by atoms with E-state index in [0.29, 0.717) is 0 Å². The van der Waals surface area contributed by atoms with Crippen LogP contribution in [0.4, 0.5) is 0 Å². The van der Waals surface area contributed by atoms with Crippen molar-refractivity contribution in [3.63, 3.8) is 0 Å². The van der Waals surface area contributed by atoms with E-state index in [1.807, 2.05) is 0 Å². The minimum atomic E-state index is 1.15. The van der Waals surface area contributed by atoms with Crippen molar-refractivity contribution in [3.8, 4) is 0 Å². The van der Waals surface area contributed by atoms with E-state index >= 15 is 0 Å². The van der Waals surface area contributed by atoms with Crippen LogP contribution in [0.3, 0.4) is 0 Å². The molecule has 0 saturated carbocycles. The Morgan fingerprint density at radius 2 is 0.615 bits per heavy atom. The fourth-order valence-electron chi connectivity index (χ4n) is 2.75. The Bertz CT molecular complexity index is 510. The summed E-state index contributed by atoms with van der Waals surface area (Å²) in [6.07, 6.45) is 2.61. The maximum atomic E-state index is 2.32. The Hall–Kier alpha value is -0.160. The van der Waals surface area contributed by atoms with Gasteiger partial charge in [-0.25, -0.2) is 0 Å². The standard InChI is InChI=1S/C22H28S4/c1-11-23-15-19-3-7-21(8-4-19)17-25-13-2-14-26-18-22-9-5-20(6-10-22)16-24-12-1/h3-10H,1-2,11-18H2. The maximum absolute atomic E-state index is 2.32. The van der Waals surface area contributed by atoms with Crippen LogP contribution in [0.5, 0.6) is 0 Å². The molecule has 0 nitrogen and oxygen atoms in total. The number of rotatable bonds is 0. The second kappa shape index (κ2) is 12.3. The lowest BCUT2D eigenvalue weighted by Gasteiger charge is -2.07. The predicted octanol–water partition coefficient (Wildman–Crippen LogP) is 7.11. The summed E-state index contributed by atoms with van der Waals surface area (Å²) in [6, 6.07) is 18.6. The van der Waals surface area contributed by atoms with E-state index < -0.39 is 0 Å². The first-order valence-corrected chi connectivity index (χ1v) is 14.0. The third-order valence-corrected chi connectivity index (χ3v) is 8.73. The first-order chi connectivity index (χ1) is 12.9. The van der Waals surface area contributed by atoms with Crippen LogP contribution in [0, 0.1) is 0 Å². The molecule has 0 aromatic heterocycles. The van der Waals surface area contributed by atoms with E-state index in [1.165, 1.54) is 58.1 Å². The number of hydrogen-bond acceptors (Lipinski definition) is 4. The molecule has 0 unspecified atom stereocenters. The molecule has 4 heteroatoms. The molecule has 4 aliphatic rings. The molecule has 6 rings (SSSR count). The molecule has 26 heavy (non-hydrogen) atoms. The van der Waals surface area contributed by atoms with Gasteiger partial charge in [-0.05, 0) is 58.1 Å². The number of hydrogen-bond donors (Lipinski definition) is 0. The second-order valence-electron chi connectivity index (χ2n) is 6.55. The lowest BCUT2D eigenvalue weighted by atomic mass is 10.2. The average Bonchev–Trinajstić information content (AvgIpc) is 2.68. The fraction of sp³-hybridized carbons (Fsp3) is 0.455. The summed E-state index contributed by atoms with van der Waals surface area (Å²) in [4.78, 5) is 0. The van der Waals surface area contributed by atoms with Crippen LogP contribution >= 0.6 is 47.0 Å². The summed E-state index contributed by atoms with van der Waals surface area (Å²) in [5.74, 6) is 9.66. The molecule has 140 valence electrons. The molecule has 2 aromatic carbocycles. The van der Waals surface area contributed by atoms with Crippen LogP contribution in [0.1, 0.15) is 35.1 Å². The Balaban J connectivity index is 1.50. The van der Waals surface area contributed by atoms with Crippen molar-refractivity contribution in [3.05, 3.63) is 70.8 Å². The van der Waals surface area contributed by atoms with Gasteiger partial charge in [-0.2, -0.15) is 47.0 Å². The predicted molar refractivity (Wildman–Crippen MR) is 127 cm³/mol. The zero-order chi connectivity index (χ0) is 17.9. The Kier molecular flexibility index (Phi) is 9.75. The Morgan fingerprint density at radius 1 is 0.385 bits per heavy atom. The third-order valence-electron chi connectivity index (χ3n) is 4.28. The molecule has 0 amide bonds. The lowest BCUT2D eigenvalue weighted by Crippen LogP contribution is -1.91. The molecular formula is C22H28S4. The second-order valence-corrected chi connectivity index (χ2v) is 11.0. The zero-order valence-corrected chi connectivity index (χ0v) is 18.6. The number of benzene rings is 2. The van der Waals surface area contributed by atoms with Crippen molar-refractivity contribution in [2.75, 3.05) is 23.0 Å². The van der Waals surface area contributed by atoms with E-state index in [0.717, 1.165) is 23.0 Å². The van der Waals surface area contributed by atoms with E-state index in [-0.39, 0.29) is 0 Å². The van der Waals surface area contributed by atoms with Gasteiger partial charge in [0.25, 0.3) is 0 Å². The highest BCUT2D eigenvalue weighted by molar-refractivity contribution is 7.99. The minimum absolute atomic E-state index is 1.15. The summed E-state index contributed by atoms with van der Waals surface area (Å²) >= 11 is 8.29. The van der Waals surface area contributed by atoms with Gasteiger partial charge >= 0.3 is 0 Å². The van der Waals surface area contributed by atoms with Gasteiger partial charge in [-0.3, -0.25) is 0 Å². The van der Waals surface area contributed by atoms with Gasteiger partial charge in [-0.15, -0.1) is 0 Å². The lowest BCUT2D eigenvalue weighted by molar-refractivity contribution is 1.11. The Morgan fingerprint density at radius 3 is 0.846 bits per heavy atom. The highest BCUT2D eigenvalue weighted by Gasteiger charge is 2.00. The summed E-state index contributed by atoms with van der Waals surface area (Å²) in [5, 5.41) is 0. The van der Waals surface area contributed by atoms with Gasteiger partial charge < -0.3 is 0 Å². The minimum Gasteiger partial charge on any atom is -0.157 e. The highest BCUT2D eigenvalue weighted by Crippen LogP contribution is 2.21. The normalized spacial score (nSPS) is 18.2. The highest BCUT2D eigenvalue weighted by atomic mass is 32.2. The average molecular weight is 421 g/mol. The molecule has 0 fully saturated rings. The van der Waals surface area contributed by atoms with Crippen molar-refractivity contribution < 1.29 is 0 Å². The Labute approximate surface area is 176 Å². The molecule has 0 radical (unpaired) electrons. The first kappa shape index (κ1) is 20.6. The molecule has 4 heterocycles. The van der Waals surface area contributed by atoms with Crippen molar-refractivity contribution in [1.82, 2.24) is 0 Å². The molecular weight excluding hydrogens is 393 g/mol. The van der Waals surface area contributed by atoms with Crippen LogP contribution < -0.4 is 0 Å². The molecule has 4 bridgehead atoms. The summed E-state index contributed by atoms with van der Waals surface area (Å²) in [6.45, 7) is 0. The van der Waals surface area contributed by atoms with Gasteiger partial charge in [-0.1, -0.05) is 48.5 Å². The van der Waals surface area contributed by atoms with Crippen LogP contribution in [-0.2, 0) is 23.0 Å². The van der Waals surface area contributed by atoms with Crippen LogP contribution in [-0.4, -0.2) is 23.0 Å². The van der Waals surface area contributed by atoms with Crippen LogP contribution in [0.15, 0.2) is 48.5 Å². The van der Waals surface area contributed by atoms with Gasteiger partial charge in [0, 0.05) is 23.0 Å². The van der Waals surface area contributed by atoms with Crippen molar-refractivity contribution >= 4 is 47.0 Å². The largest absolute Gasteiger partial charge is 0.157 e. The number of thioether (sulfide) groups is 4. The van der Waals surface area contributed by atoms with Crippen molar-refractivity contribution in [2.45, 2.75) is 35.9 Å². The molecule has 0 atom stereocenters. The molecule has 0 aliphatic carbocycles. The third kappa shape index (κ3) is 7.84. The van der Waals surface area contributed by atoms with Crippen LogP contribution in [0.2, 0.25) is 0 Å². The van der Waals surface area contributed by atoms with E-state index in [2.05, 4.69) is 95.6 Å². The topological polar surface area (TPSA) is 0 Å². The van der Waals surface area contributed by atoms with Gasteiger partial charge in [0.15, 0.2) is 0 Å². The first-order valence-electron chi connectivity index (χ1n) is 9.37. The SMILES string of the molecule is c1cc2ccc1CSCCCSCc1ccc(cc1)CSCCCSC2. The molecule has 4 aliphatic heterocycles. The van der Waals surface area contributed by atoms with Crippen molar-refractivity contribution in [2.24, 2.45) is 0 Å². The molecule has 0 N–H and O–H groups in total. The van der Waals surface area contributed by atoms with Crippen LogP contribution in [0.25, 0.3) is 0 Å². The van der Waals surface area contributed by atoms with Crippen molar-refractivity contribution in [1.29, 1.82) is 0 Å². The molecule has 0 spiro atoms. The molecule has 2 aromatic rings. The quantitative estimate of drug-likeness (QED) is 0.445. The summed E-state index contributed by atoms with van der Waals surface area (Å²) in [7, 11) is 0. The van der Waals surface area contributed by atoms with Gasteiger partial charge in [0.05, 0.1) is 0 Å². The maximum Gasteiger partial charge on any atom is 0.0184 e. The fourth-order valence-corrected chi connectivity index (χ4v) is 6.80. The summed E-state index contributed by atoms with van der Waals surface area (Å²) in [5.41, 5.74) is 5.87. The van der Waals surface area contributed by atoms with Gasteiger partial charge in [0.2, 0.25) is 0 Å². The van der Waals surface area contributed by atoms with E-state index in [4.69, 9.17) is 0 Å². The van der Waals surface area contributed by atoms with E-state index in [1.54, 1.807) is 0 Å². The molecule has 0 saturated heterocycles. The van der Waals surface area contributed by atoms with Gasteiger partial charge in [0.1, 0.15) is 0 Å². The van der Waals surface area contributed by atoms with E-state index in [9.17, 15) is 0 Å². The smallest absolute Gasteiger partial charge is 0.0184 e. The zero-order valence-electron chi connectivity index (χ0n) is 15.3.